The summed E-state index contributed by atoms with van der Waals surface area (Å²) in [6.07, 6.45) is 4.52. The van der Waals surface area contributed by atoms with E-state index in [1.165, 1.54) is 32.4 Å². The highest BCUT2D eigenvalue weighted by atomic mass is 15.2. The minimum atomic E-state index is 0.747. The molecule has 1 aliphatic heterocycles. The molecule has 1 saturated carbocycles. The molecule has 0 aromatic heterocycles. The van der Waals surface area contributed by atoms with Gasteiger partial charge in [0.05, 0.1) is 0 Å². The van der Waals surface area contributed by atoms with Crippen molar-refractivity contribution < 1.29 is 0 Å². The van der Waals surface area contributed by atoms with Crippen molar-refractivity contribution in [2.75, 3.05) is 13.1 Å². The predicted octanol–water partition coefficient (Wildman–Crippen LogP) is 3.40. The second-order valence-electron chi connectivity index (χ2n) is 6.31. The van der Waals surface area contributed by atoms with Gasteiger partial charge in [-0.3, -0.25) is 0 Å². The lowest BCUT2D eigenvalue weighted by molar-refractivity contribution is 0.151. The minimum absolute atomic E-state index is 0.747. The van der Waals surface area contributed by atoms with Gasteiger partial charge in [-0.25, -0.2) is 0 Å². The Morgan fingerprint density at radius 1 is 1.00 bits per heavy atom. The van der Waals surface area contributed by atoms with Crippen LogP contribution >= 0.6 is 0 Å². The van der Waals surface area contributed by atoms with Gasteiger partial charge in [0.25, 0.3) is 0 Å². The van der Waals surface area contributed by atoms with Crippen LogP contribution in [0, 0.1) is 23.7 Å². The van der Waals surface area contributed by atoms with Gasteiger partial charge in [0.2, 0.25) is 0 Å². The van der Waals surface area contributed by atoms with Crippen LogP contribution in [0.25, 0.3) is 0 Å². The molecule has 1 heteroatoms. The molecule has 2 rings (SSSR count). The van der Waals surface area contributed by atoms with Gasteiger partial charge >= 0.3 is 0 Å². The van der Waals surface area contributed by atoms with Crippen LogP contribution in [0.1, 0.15) is 47.0 Å². The minimum Gasteiger partial charge on any atom is -0.300 e. The molecular weight excluding hydrogens is 182 g/mol. The summed E-state index contributed by atoms with van der Waals surface area (Å²) in [7, 11) is 0. The largest absolute Gasteiger partial charge is 0.300 e. The number of rotatable bonds is 3. The molecule has 2 aliphatic rings. The van der Waals surface area contributed by atoms with Crippen molar-refractivity contribution in [1.29, 1.82) is 0 Å². The van der Waals surface area contributed by atoms with Crippen molar-refractivity contribution in [2.24, 2.45) is 23.7 Å². The van der Waals surface area contributed by atoms with E-state index in [0.717, 1.165) is 29.7 Å². The molecular formula is C14H27N. The van der Waals surface area contributed by atoms with Crippen molar-refractivity contribution in [2.45, 2.75) is 53.0 Å². The summed E-state index contributed by atoms with van der Waals surface area (Å²) in [6, 6.07) is 0.747. The lowest BCUT2D eigenvalue weighted by Gasteiger charge is -2.36. The Morgan fingerprint density at radius 2 is 1.67 bits per heavy atom. The van der Waals surface area contributed by atoms with Crippen LogP contribution in [0.2, 0.25) is 0 Å². The van der Waals surface area contributed by atoms with Gasteiger partial charge in [0.15, 0.2) is 0 Å². The molecule has 2 atom stereocenters. The van der Waals surface area contributed by atoms with E-state index in [4.69, 9.17) is 0 Å². The fourth-order valence-corrected chi connectivity index (χ4v) is 3.38. The monoisotopic (exact) mass is 209 g/mol. The van der Waals surface area contributed by atoms with E-state index in [-0.39, 0.29) is 0 Å². The van der Waals surface area contributed by atoms with Gasteiger partial charge in [0.1, 0.15) is 0 Å². The Balaban J connectivity index is 2.00. The summed E-state index contributed by atoms with van der Waals surface area (Å²) in [5.41, 5.74) is 0. The van der Waals surface area contributed by atoms with Gasteiger partial charge in [0, 0.05) is 19.1 Å². The third kappa shape index (κ3) is 2.22. The second-order valence-corrected chi connectivity index (χ2v) is 6.31. The van der Waals surface area contributed by atoms with Gasteiger partial charge in [-0.05, 0) is 37.5 Å². The first kappa shape index (κ1) is 11.4. The molecule has 1 heterocycles. The molecule has 15 heavy (non-hydrogen) atoms. The molecule has 2 unspecified atom stereocenters. The topological polar surface area (TPSA) is 3.24 Å². The molecule has 0 aromatic carbocycles. The van der Waals surface area contributed by atoms with E-state index in [2.05, 4.69) is 32.6 Å². The van der Waals surface area contributed by atoms with E-state index in [1.54, 1.807) is 0 Å². The van der Waals surface area contributed by atoms with Crippen molar-refractivity contribution in [3.05, 3.63) is 0 Å². The highest BCUT2D eigenvalue weighted by Crippen LogP contribution is 2.43. The Morgan fingerprint density at radius 3 is 2.07 bits per heavy atom. The maximum atomic E-state index is 2.70. The van der Waals surface area contributed by atoms with Crippen molar-refractivity contribution >= 4 is 0 Å². The zero-order valence-electron chi connectivity index (χ0n) is 10.9. The van der Waals surface area contributed by atoms with Gasteiger partial charge in [-0.1, -0.05) is 33.1 Å². The molecule has 0 bridgehead atoms. The number of hydrogen-bond acceptors (Lipinski definition) is 1. The maximum absolute atomic E-state index is 2.70. The van der Waals surface area contributed by atoms with Crippen LogP contribution in [-0.4, -0.2) is 24.0 Å². The summed E-state index contributed by atoms with van der Waals surface area (Å²) in [5.74, 6) is 3.93. The zero-order chi connectivity index (χ0) is 11.0. The third-order valence-corrected chi connectivity index (χ3v) is 4.78. The second kappa shape index (κ2) is 4.45. The van der Waals surface area contributed by atoms with Crippen molar-refractivity contribution in [1.82, 2.24) is 4.90 Å². The Labute approximate surface area is 95.2 Å². The van der Waals surface area contributed by atoms with Crippen molar-refractivity contribution in [3.8, 4) is 0 Å². The van der Waals surface area contributed by atoms with Crippen LogP contribution in [-0.2, 0) is 0 Å². The molecule has 0 amide bonds. The SMILES string of the molecule is CC(C)C1CN(C(C)C)CC1C1CCC1. The fourth-order valence-electron chi connectivity index (χ4n) is 3.38. The standard InChI is InChI=1S/C14H27N/c1-10(2)13-8-15(11(3)4)9-14(13)12-6-5-7-12/h10-14H,5-9H2,1-4H3. The highest BCUT2D eigenvalue weighted by Gasteiger charge is 2.41. The Kier molecular flexibility index (Phi) is 3.39. The summed E-state index contributed by atoms with van der Waals surface area (Å²) in [6.45, 7) is 12.3. The van der Waals surface area contributed by atoms with Crippen LogP contribution in [0.5, 0.6) is 0 Å². The first-order valence-corrected chi connectivity index (χ1v) is 6.83. The Bertz CT molecular complexity index is 205. The average Bonchev–Trinajstić information content (AvgIpc) is 2.45. The number of nitrogens with zero attached hydrogens (tertiary/aromatic N) is 1. The lowest BCUT2D eigenvalue weighted by atomic mass is 9.69. The van der Waals surface area contributed by atoms with Crippen LogP contribution in [0.15, 0.2) is 0 Å². The molecule has 0 radical (unpaired) electrons. The van der Waals surface area contributed by atoms with Crippen LogP contribution in [0.3, 0.4) is 0 Å². The van der Waals surface area contributed by atoms with Crippen LogP contribution in [0.4, 0.5) is 0 Å². The number of likely N-dealkylation sites (tertiary alicyclic amines) is 1. The van der Waals surface area contributed by atoms with E-state index in [1.807, 2.05) is 0 Å². The first-order chi connectivity index (χ1) is 7.09. The highest BCUT2D eigenvalue weighted by molar-refractivity contribution is 4.92. The van der Waals surface area contributed by atoms with E-state index in [0.29, 0.717) is 0 Å². The summed E-state index contributed by atoms with van der Waals surface area (Å²) < 4.78 is 0. The normalized spacial score (nSPS) is 34.0. The molecule has 0 spiro atoms. The van der Waals surface area contributed by atoms with E-state index >= 15 is 0 Å². The smallest absolute Gasteiger partial charge is 0.00388 e. The number of hydrogen-bond donors (Lipinski definition) is 0. The van der Waals surface area contributed by atoms with Crippen molar-refractivity contribution in [3.63, 3.8) is 0 Å². The molecule has 88 valence electrons. The fraction of sp³-hybridized carbons (Fsp3) is 1.00. The Hall–Kier alpha value is -0.0400. The molecule has 2 fully saturated rings. The molecule has 1 aliphatic carbocycles. The zero-order valence-corrected chi connectivity index (χ0v) is 10.9. The summed E-state index contributed by atoms with van der Waals surface area (Å²) >= 11 is 0. The third-order valence-electron chi connectivity index (χ3n) is 4.78. The molecule has 0 aromatic rings. The molecule has 0 N–H and O–H groups in total. The van der Waals surface area contributed by atoms with E-state index in [9.17, 15) is 0 Å². The van der Waals surface area contributed by atoms with Gasteiger partial charge < -0.3 is 4.90 Å². The van der Waals surface area contributed by atoms with E-state index < -0.39 is 0 Å². The van der Waals surface area contributed by atoms with Gasteiger partial charge in [-0.15, -0.1) is 0 Å². The quantitative estimate of drug-likeness (QED) is 0.688. The van der Waals surface area contributed by atoms with Crippen LogP contribution < -0.4 is 0 Å². The lowest BCUT2D eigenvalue weighted by Crippen LogP contribution is -2.31. The maximum Gasteiger partial charge on any atom is 0.00388 e. The summed E-state index contributed by atoms with van der Waals surface area (Å²) in [4.78, 5) is 2.70. The van der Waals surface area contributed by atoms with Gasteiger partial charge in [-0.2, -0.15) is 0 Å². The average molecular weight is 209 g/mol. The first-order valence-electron chi connectivity index (χ1n) is 6.83. The molecule has 1 saturated heterocycles. The predicted molar refractivity (Wildman–Crippen MR) is 65.9 cm³/mol. The molecule has 1 nitrogen and oxygen atoms in total. The summed E-state index contributed by atoms with van der Waals surface area (Å²) in [5, 5.41) is 0.